The van der Waals surface area contributed by atoms with Gasteiger partial charge in [-0.2, -0.15) is 0 Å². The van der Waals surface area contributed by atoms with Crippen molar-refractivity contribution in [3.05, 3.63) is 45.9 Å². The highest BCUT2D eigenvalue weighted by atomic mass is 32.1. The molecule has 0 saturated heterocycles. The van der Waals surface area contributed by atoms with Gasteiger partial charge in [0.05, 0.1) is 4.88 Å². The Morgan fingerprint density at radius 2 is 1.95 bits per heavy atom. The second kappa shape index (κ2) is 6.63. The van der Waals surface area contributed by atoms with Crippen LogP contribution in [0.3, 0.4) is 0 Å². The van der Waals surface area contributed by atoms with Crippen LogP contribution in [0.25, 0.3) is 11.1 Å². The summed E-state index contributed by atoms with van der Waals surface area (Å²) in [5, 5.41) is 5.83. The van der Waals surface area contributed by atoms with Gasteiger partial charge < -0.3 is 10.6 Å². The van der Waals surface area contributed by atoms with Gasteiger partial charge >= 0.3 is 0 Å². The molecule has 0 atom stereocenters. The molecule has 2 N–H and O–H groups in total. The lowest BCUT2D eigenvalue weighted by Crippen LogP contribution is -2.29. The van der Waals surface area contributed by atoms with E-state index >= 15 is 0 Å². The van der Waals surface area contributed by atoms with E-state index in [1.165, 1.54) is 23.5 Å². The fourth-order valence-corrected chi connectivity index (χ4v) is 2.86. The molecule has 5 heteroatoms. The molecule has 20 heavy (non-hydrogen) atoms. The summed E-state index contributed by atoms with van der Waals surface area (Å²) in [6, 6.07) is 8.18. The summed E-state index contributed by atoms with van der Waals surface area (Å²) in [5.41, 5.74) is 1.91. The van der Waals surface area contributed by atoms with E-state index < -0.39 is 0 Å². The van der Waals surface area contributed by atoms with Crippen molar-refractivity contribution in [2.24, 2.45) is 0 Å². The Kier molecular flexibility index (Phi) is 4.87. The molecule has 1 aromatic carbocycles. The van der Waals surface area contributed by atoms with Gasteiger partial charge in [-0.3, -0.25) is 4.79 Å². The lowest BCUT2D eigenvalue weighted by molar-refractivity contribution is 0.0958. The maximum absolute atomic E-state index is 12.9. The van der Waals surface area contributed by atoms with Gasteiger partial charge in [0.2, 0.25) is 0 Å². The lowest BCUT2D eigenvalue weighted by Gasteiger charge is -2.01. The summed E-state index contributed by atoms with van der Waals surface area (Å²) in [7, 11) is 1.84. The zero-order chi connectivity index (χ0) is 14.5. The van der Waals surface area contributed by atoms with Crippen molar-refractivity contribution in [1.82, 2.24) is 10.6 Å². The summed E-state index contributed by atoms with van der Waals surface area (Å²) in [6.07, 6.45) is 0. The van der Waals surface area contributed by atoms with Crippen molar-refractivity contribution in [2.45, 2.75) is 6.92 Å². The third-order valence-electron chi connectivity index (χ3n) is 2.96. The van der Waals surface area contributed by atoms with Gasteiger partial charge in [-0.05, 0) is 43.3 Å². The smallest absolute Gasteiger partial charge is 0.261 e. The normalized spacial score (nSPS) is 10.6. The van der Waals surface area contributed by atoms with Crippen molar-refractivity contribution in [3.8, 4) is 11.1 Å². The molecule has 0 radical (unpaired) electrons. The van der Waals surface area contributed by atoms with E-state index in [0.717, 1.165) is 22.5 Å². The van der Waals surface area contributed by atoms with Gasteiger partial charge in [-0.1, -0.05) is 12.1 Å². The molecule has 2 rings (SSSR count). The Labute approximate surface area is 121 Å². The summed E-state index contributed by atoms with van der Waals surface area (Å²) in [5.74, 6) is -0.326. The van der Waals surface area contributed by atoms with Crippen molar-refractivity contribution in [3.63, 3.8) is 0 Å². The van der Waals surface area contributed by atoms with E-state index in [-0.39, 0.29) is 11.7 Å². The number of hydrogen-bond donors (Lipinski definition) is 2. The molecule has 106 valence electrons. The van der Waals surface area contributed by atoms with Crippen LogP contribution in [-0.4, -0.2) is 26.0 Å². The molecule has 0 aliphatic heterocycles. The Balaban J connectivity index is 2.17. The zero-order valence-corrected chi connectivity index (χ0v) is 12.3. The van der Waals surface area contributed by atoms with Crippen molar-refractivity contribution in [2.75, 3.05) is 20.1 Å². The number of amides is 1. The molecular weight excluding hydrogens is 275 g/mol. The largest absolute Gasteiger partial charge is 0.350 e. The maximum Gasteiger partial charge on any atom is 0.261 e. The molecule has 0 bridgehead atoms. The lowest BCUT2D eigenvalue weighted by atomic mass is 10.1. The summed E-state index contributed by atoms with van der Waals surface area (Å²) >= 11 is 1.45. The van der Waals surface area contributed by atoms with Crippen LogP contribution in [0.4, 0.5) is 4.39 Å². The fraction of sp³-hybridized carbons (Fsp3) is 0.267. The van der Waals surface area contributed by atoms with Gasteiger partial charge in [0.25, 0.3) is 5.91 Å². The Morgan fingerprint density at radius 1 is 1.25 bits per heavy atom. The van der Waals surface area contributed by atoms with Crippen LogP contribution in [-0.2, 0) is 0 Å². The fourth-order valence-electron chi connectivity index (χ4n) is 1.90. The molecular formula is C15H17FN2OS. The molecule has 0 fully saturated rings. The van der Waals surface area contributed by atoms with Gasteiger partial charge in [0, 0.05) is 18.0 Å². The molecule has 0 unspecified atom stereocenters. The summed E-state index contributed by atoms with van der Waals surface area (Å²) < 4.78 is 12.9. The molecule has 2 aromatic rings. The maximum atomic E-state index is 12.9. The molecule has 1 heterocycles. The van der Waals surface area contributed by atoms with Crippen LogP contribution in [0.15, 0.2) is 30.3 Å². The van der Waals surface area contributed by atoms with Crippen LogP contribution >= 0.6 is 11.3 Å². The molecule has 0 spiro atoms. The number of likely N-dealkylation sites (N-methyl/N-ethyl adjacent to an activating group) is 1. The van der Waals surface area contributed by atoms with Gasteiger partial charge in [-0.15, -0.1) is 11.3 Å². The van der Waals surface area contributed by atoms with Gasteiger partial charge in [0.1, 0.15) is 5.82 Å². The SMILES string of the molecule is CNCCNC(=O)c1cc(-c2ccc(F)cc2)c(C)s1. The quantitative estimate of drug-likeness (QED) is 0.832. The highest BCUT2D eigenvalue weighted by Crippen LogP contribution is 2.31. The Morgan fingerprint density at radius 3 is 2.60 bits per heavy atom. The van der Waals surface area contributed by atoms with Crippen molar-refractivity contribution >= 4 is 17.2 Å². The van der Waals surface area contributed by atoms with Gasteiger partial charge in [-0.25, -0.2) is 4.39 Å². The van der Waals surface area contributed by atoms with Crippen molar-refractivity contribution < 1.29 is 9.18 Å². The second-order valence-corrected chi connectivity index (χ2v) is 5.70. The van der Waals surface area contributed by atoms with Crippen LogP contribution in [0.1, 0.15) is 14.5 Å². The third-order valence-corrected chi connectivity index (χ3v) is 4.01. The molecule has 0 aliphatic carbocycles. The zero-order valence-electron chi connectivity index (χ0n) is 11.5. The first-order valence-electron chi connectivity index (χ1n) is 6.41. The first kappa shape index (κ1) is 14.7. The number of rotatable bonds is 5. The minimum Gasteiger partial charge on any atom is -0.350 e. The summed E-state index contributed by atoms with van der Waals surface area (Å²) in [4.78, 5) is 13.7. The van der Waals surface area contributed by atoms with E-state index in [1.54, 1.807) is 12.1 Å². The topological polar surface area (TPSA) is 41.1 Å². The first-order valence-corrected chi connectivity index (χ1v) is 7.22. The average Bonchev–Trinajstić information content (AvgIpc) is 2.82. The number of carbonyl (C=O) groups excluding carboxylic acids is 1. The Bertz CT molecular complexity index is 592. The van der Waals surface area contributed by atoms with Crippen LogP contribution in [0.2, 0.25) is 0 Å². The predicted molar refractivity (Wildman–Crippen MR) is 80.7 cm³/mol. The molecule has 0 saturated carbocycles. The number of nitrogens with one attached hydrogen (secondary N) is 2. The highest BCUT2D eigenvalue weighted by Gasteiger charge is 2.13. The number of aryl methyl sites for hydroxylation is 1. The van der Waals surface area contributed by atoms with E-state index in [9.17, 15) is 9.18 Å². The number of halogens is 1. The second-order valence-electron chi connectivity index (χ2n) is 4.45. The highest BCUT2D eigenvalue weighted by molar-refractivity contribution is 7.14. The predicted octanol–water partition coefficient (Wildman–Crippen LogP) is 2.81. The number of thiophene rings is 1. The number of carbonyl (C=O) groups is 1. The van der Waals surface area contributed by atoms with E-state index in [2.05, 4.69) is 10.6 Å². The minimum atomic E-state index is -0.258. The molecule has 1 amide bonds. The van der Waals surface area contributed by atoms with E-state index in [4.69, 9.17) is 0 Å². The van der Waals surface area contributed by atoms with Crippen molar-refractivity contribution in [1.29, 1.82) is 0 Å². The van der Waals surface area contributed by atoms with Crippen LogP contribution < -0.4 is 10.6 Å². The standard InChI is InChI=1S/C15H17FN2OS/c1-10-13(11-3-5-12(16)6-4-11)9-14(20-10)15(19)18-8-7-17-2/h3-6,9,17H,7-8H2,1-2H3,(H,18,19). The minimum absolute atomic E-state index is 0.0679. The summed E-state index contributed by atoms with van der Waals surface area (Å²) in [6.45, 7) is 3.30. The van der Waals surface area contributed by atoms with E-state index in [0.29, 0.717) is 11.4 Å². The molecule has 1 aromatic heterocycles. The number of benzene rings is 1. The Hall–Kier alpha value is -1.72. The molecule has 0 aliphatic rings. The van der Waals surface area contributed by atoms with Crippen LogP contribution in [0, 0.1) is 12.7 Å². The van der Waals surface area contributed by atoms with E-state index in [1.807, 2.05) is 20.0 Å². The monoisotopic (exact) mass is 292 g/mol. The third kappa shape index (κ3) is 3.43. The first-order chi connectivity index (χ1) is 9.61. The molecule has 3 nitrogen and oxygen atoms in total. The average molecular weight is 292 g/mol. The van der Waals surface area contributed by atoms with Crippen LogP contribution in [0.5, 0.6) is 0 Å². The van der Waals surface area contributed by atoms with Gasteiger partial charge in [0.15, 0.2) is 0 Å². The number of hydrogen-bond acceptors (Lipinski definition) is 3.